The van der Waals surface area contributed by atoms with E-state index in [1.54, 1.807) is 0 Å². The van der Waals surface area contributed by atoms with Gasteiger partial charge < -0.3 is 4.90 Å². The Labute approximate surface area is 103 Å². The van der Waals surface area contributed by atoms with E-state index in [9.17, 15) is 0 Å². The zero-order valence-electron chi connectivity index (χ0n) is 11.5. The van der Waals surface area contributed by atoms with Crippen LogP contribution >= 0.6 is 0 Å². The first-order chi connectivity index (χ1) is 7.86. The molecule has 16 heavy (non-hydrogen) atoms. The third kappa shape index (κ3) is 5.89. The lowest BCUT2D eigenvalue weighted by Gasteiger charge is -2.15. The van der Waals surface area contributed by atoms with Crippen LogP contribution in [0.3, 0.4) is 0 Å². The van der Waals surface area contributed by atoms with Gasteiger partial charge in [-0.25, -0.2) is 0 Å². The normalized spacial score (nSPS) is 21.8. The van der Waals surface area contributed by atoms with Crippen LogP contribution in [0.25, 0.3) is 0 Å². The quantitative estimate of drug-likeness (QED) is 0.523. The number of hydrogen-bond donors (Lipinski definition) is 0. The van der Waals surface area contributed by atoms with Crippen molar-refractivity contribution in [1.82, 2.24) is 4.90 Å². The maximum atomic E-state index is 2.70. The molecule has 0 N–H and O–H groups in total. The summed E-state index contributed by atoms with van der Waals surface area (Å²) in [6, 6.07) is 0. The standard InChI is InChI=1S/C15H31N/c1-3-5-7-9-12-16-13-11-15(14-16)10-8-6-4-2/h15H,3-14H2,1-2H3. The van der Waals surface area contributed by atoms with Gasteiger partial charge in [0.25, 0.3) is 0 Å². The van der Waals surface area contributed by atoms with E-state index in [4.69, 9.17) is 0 Å². The Morgan fingerprint density at radius 1 is 0.938 bits per heavy atom. The largest absolute Gasteiger partial charge is 0.303 e. The van der Waals surface area contributed by atoms with Crippen molar-refractivity contribution in [3.8, 4) is 0 Å². The number of hydrogen-bond acceptors (Lipinski definition) is 1. The van der Waals surface area contributed by atoms with Crippen molar-refractivity contribution in [1.29, 1.82) is 0 Å². The minimum atomic E-state index is 1.03. The maximum Gasteiger partial charge on any atom is 0.00101 e. The molecule has 0 bridgehead atoms. The molecule has 0 aromatic rings. The summed E-state index contributed by atoms with van der Waals surface area (Å²) in [5, 5.41) is 0. The van der Waals surface area contributed by atoms with Crippen LogP contribution < -0.4 is 0 Å². The highest BCUT2D eigenvalue weighted by molar-refractivity contribution is 4.75. The van der Waals surface area contributed by atoms with E-state index >= 15 is 0 Å². The van der Waals surface area contributed by atoms with Gasteiger partial charge in [-0.2, -0.15) is 0 Å². The topological polar surface area (TPSA) is 3.24 Å². The molecule has 0 radical (unpaired) electrons. The molecule has 1 saturated heterocycles. The molecule has 1 atom stereocenters. The van der Waals surface area contributed by atoms with E-state index in [2.05, 4.69) is 18.7 Å². The monoisotopic (exact) mass is 225 g/mol. The molecule has 0 amide bonds. The van der Waals surface area contributed by atoms with E-state index < -0.39 is 0 Å². The van der Waals surface area contributed by atoms with Crippen molar-refractivity contribution in [3.63, 3.8) is 0 Å². The molecular weight excluding hydrogens is 194 g/mol. The molecule has 0 saturated carbocycles. The Bertz CT molecular complexity index is 156. The first-order valence-electron chi connectivity index (χ1n) is 7.59. The van der Waals surface area contributed by atoms with Gasteiger partial charge in [0.1, 0.15) is 0 Å². The molecule has 1 aliphatic rings. The smallest absolute Gasteiger partial charge is 0.00101 e. The summed E-state index contributed by atoms with van der Waals surface area (Å²) in [7, 11) is 0. The van der Waals surface area contributed by atoms with Gasteiger partial charge in [-0.05, 0) is 38.3 Å². The highest BCUT2D eigenvalue weighted by Gasteiger charge is 2.20. The molecule has 0 aromatic carbocycles. The van der Waals surface area contributed by atoms with Gasteiger partial charge in [0.2, 0.25) is 0 Å². The van der Waals surface area contributed by atoms with Gasteiger partial charge in [-0.15, -0.1) is 0 Å². The Balaban J connectivity index is 1.97. The molecule has 1 nitrogen and oxygen atoms in total. The average molecular weight is 225 g/mol. The number of unbranched alkanes of at least 4 members (excludes halogenated alkanes) is 5. The van der Waals surface area contributed by atoms with Gasteiger partial charge in [0.15, 0.2) is 0 Å². The van der Waals surface area contributed by atoms with Crippen LogP contribution in [0.2, 0.25) is 0 Å². The lowest BCUT2D eigenvalue weighted by Crippen LogP contribution is -2.21. The number of rotatable bonds is 9. The minimum absolute atomic E-state index is 1.03. The molecule has 1 rings (SSSR count). The van der Waals surface area contributed by atoms with Crippen molar-refractivity contribution in [2.45, 2.75) is 71.6 Å². The second-order valence-electron chi connectivity index (χ2n) is 5.51. The van der Waals surface area contributed by atoms with Crippen molar-refractivity contribution in [2.75, 3.05) is 19.6 Å². The van der Waals surface area contributed by atoms with Gasteiger partial charge in [-0.3, -0.25) is 0 Å². The fraction of sp³-hybridized carbons (Fsp3) is 1.00. The maximum absolute atomic E-state index is 2.70. The first kappa shape index (κ1) is 14.0. The summed E-state index contributed by atoms with van der Waals surface area (Å²) in [6.45, 7) is 8.73. The van der Waals surface area contributed by atoms with E-state index in [1.807, 2.05) is 0 Å². The zero-order valence-corrected chi connectivity index (χ0v) is 11.5. The van der Waals surface area contributed by atoms with Crippen LogP contribution in [-0.2, 0) is 0 Å². The predicted molar refractivity (Wildman–Crippen MR) is 72.8 cm³/mol. The fourth-order valence-electron chi connectivity index (χ4n) is 2.80. The summed E-state index contributed by atoms with van der Waals surface area (Å²) >= 11 is 0. The van der Waals surface area contributed by atoms with E-state index in [0.717, 1.165) is 5.92 Å². The van der Waals surface area contributed by atoms with Crippen LogP contribution in [0.5, 0.6) is 0 Å². The van der Waals surface area contributed by atoms with Gasteiger partial charge >= 0.3 is 0 Å². The van der Waals surface area contributed by atoms with Crippen LogP contribution in [0.15, 0.2) is 0 Å². The van der Waals surface area contributed by atoms with Gasteiger partial charge in [0, 0.05) is 6.54 Å². The van der Waals surface area contributed by atoms with Gasteiger partial charge in [-0.1, -0.05) is 52.4 Å². The van der Waals surface area contributed by atoms with Crippen molar-refractivity contribution in [2.24, 2.45) is 5.92 Å². The van der Waals surface area contributed by atoms with Crippen LogP contribution in [0.4, 0.5) is 0 Å². The number of nitrogens with zero attached hydrogens (tertiary/aromatic N) is 1. The molecule has 0 spiro atoms. The molecule has 1 aliphatic heterocycles. The molecule has 1 heteroatoms. The van der Waals surface area contributed by atoms with E-state index in [1.165, 1.54) is 77.4 Å². The SMILES string of the molecule is CCCCCCN1CCC(CCCCC)C1. The minimum Gasteiger partial charge on any atom is -0.303 e. The second kappa shape index (κ2) is 9.04. The third-order valence-electron chi connectivity index (χ3n) is 3.91. The van der Waals surface area contributed by atoms with E-state index in [0.29, 0.717) is 0 Å². The summed E-state index contributed by atoms with van der Waals surface area (Å²) < 4.78 is 0. The predicted octanol–water partition coefficient (Wildman–Crippen LogP) is 4.47. The Kier molecular flexibility index (Phi) is 7.92. The Morgan fingerprint density at radius 3 is 2.44 bits per heavy atom. The summed E-state index contributed by atoms with van der Waals surface area (Å²) in [4.78, 5) is 2.70. The van der Waals surface area contributed by atoms with Crippen molar-refractivity contribution in [3.05, 3.63) is 0 Å². The molecule has 1 fully saturated rings. The summed E-state index contributed by atoms with van der Waals surface area (Å²) in [5.74, 6) is 1.03. The van der Waals surface area contributed by atoms with Crippen molar-refractivity contribution < 1.29 is 0 Å². The molecule has 1 unspecified atom stereocenters. The average Bonchev–Trinajstić information content (AvgIpc) is 2.73. The lowest BCUT2D eigenvalue weighted by atomic mass is 10.0. The Hall–Kier alpha value is -0.0400. The zero-order chi connectivity index (χ0) is 11.6. The fourth-order valence-corrected chi connectivity index (χ4v) is 2.80. The van der Waals surface area contributed by atoms with Crippen LogP contribution in [-0.4, -0.2) is 24.5 Å². The second-order valence-corrected chi connectivity index (χ2v) is 5.51. The molecule has 1 heterocycles. The molecule has 0 aromatic heterocycles. The summed E-state index contributed by atoms with van der Waals surface area (Å²) in [6.07, 6.45) is 12.9. The highest BCUT2D eigenvalue weighted by Crippen LogP contribution is 2.22. The lowest BCUT2D eigenvalue weighted by molar-refractivity contribution is 0.310. The van der Waals surface area contributed by atoms with E-state index in [-0.39, 0.29) is 0 Å². The molecule has 96 valence electrons. The van der Waals surface area contributed by atoms with Crippen molar-refractivity contribution >= 4 is 0 Å². The molecule has 0 aliphatic carbocycles. The highest BCUT2D eigenvalue weighted by atomic mass is 15.1. The summed E-state index contributed by atoms with van der Waals surface area (Å²) in [5.41, 5.74) is 0. The first-order valence-corrected chi connectivity index (χ1v) is 7.59. The molecular formula is C15H31N. The third-order valence-corrected chi connectivity index (χ3v) is 3.91. The van der Waals surface area contributed by atoms with Crippen LogP contribution in [0.1, 0.15) is 71.6 Å². The Morgan fingerprint density at radius 2 is 1.69 bits per heavy atom. The number of likely N-dealkylation sites (tertiary alicyclic amines) is 1. The van der Waals surface area contributed by atoms with Gasteiger partial charge in [0.05, 0.1) is 0 Å². The van der Waals surface area contributed by atoms with Crippen LogP contribution in [0, 0.1) is 5.92 Å².